The standard InChI is InChI=1S/C14H11FN4O2/c15-12-3-1-10(2-4-12)5-6-17-14-11(8-16)7-13(9-18-14)19(20)21/h1-4,7,9H,5-6H2,(H,17,18). The summed E-state index contributed by atoms with van der Waals surface area (Å²) in [7, 11) is 0. The lowest BCUT2D eigenvalue weighted by atomic mass is 10.1. The molecule has 21 heavy (non-hydrogen) atoms. The lowest BCUT2D eigenvalue weighted by Crippen LogP contribution is -2.08. The molecule has 0 radical (unpaired) electrons. The number of nitro groups is 1. The SMILES string of the molecule is N#Cc1cc([N+](=O)[O-])cnc1NCCc1ccc(F)cc1. The van der Waals surface area contributed by atoms with Crippen molar-refractivity contribution >= 4 is 11.5 Å². The van der Waals surface area contributed by atoms with Gasteiger partial charge < -0.3 is 5.32 Å². The zero-order valence-corrected chi connectivity index (χ0v) is 10.9. The van der Waals surface area contributed by atoms with Crippen LogP contribution >= 0.6 is 0 Å². The largest absolute Gasteiger partial charge is 0.369 e. The van der Waals surface area contributed by atoms with Crippen molar-refractivity contribution in [1.29, 1.82) is 5.26 Å². The Morgan fingerprint density at radius 1 is 1.38 bits per heavy atom. The summed E-state index contributed by atoms with van der Waals surface area (Å²) in [6, 6.07) is 9.14. The Balaban J connectivity index is 2.01. The lowest BCUT2D eigenvalue weighted by Gasteiger charge is -2.07. The third kappa shape index (κ3) is 3.73. The van der Waals surface area contributed by atoms with E-state index < -0.39 is 4.92 Å². The van der Waals surface area contributed by atoms with E-state index in [0.29, 0.717) is 18.8 Å². The molecule has 7 heteroatoms. The van der Waals surface area contributed by atoms with Crippen molar-refractivity contribution in [2.75, 3.05) is 11.9 Å². The van der Waals surface area contributed by atoms with Gasteiger partial charge in [0.2, 0.25) is 0 Å². The number of nitrogens with one attached hydrogen (secondary N) is 1. The molecule has 0 saturated heterocycles. The van der Waals surface area contributed by atoms with Gasteiger partial charge in [-0.3, -0.25) is 10.1 Å². The quantitative estimate of drug-likeness (QED) is 0.673. The topological polar surface area (TPSA) is 91.8 Å². The molecular formula is C14H11FN4O2. The van der Waals surface area contributed by atoms with Crippen LogP contribution in [0, 0.1) is 27.3 Å². The van der Waals surface area contributed by atoms with Crippen LogP contribution in [0.5, 0.6) is 0 Å². The van der Waals surface area contributed by atoms with Gasteiger partial charge in [0.15, 0.2) is 0 Å². The van der Waals surface area contributed by atoms with Crippen LogP contribution in [-0.4, -0.2) is 16.5 Å². The van der Waals surface area contributed by atoms with E-state index in [1.807, 2.05) is 6.07 Å². The predicted molar refractivity (Wildman–Crippen MR) is 74.2 cm³/mol. The summed E-state index contributed by atoms with van der Waals surface area (Å²) in [4.78, 5) is 13.9. The highest BCUT2D eigenvalue weighted by molar-refractivity contribution is 5.55. The van der Waals surface area contributed by atoms with Crippen molar-refractivity contribution < 1.29 is 9.31 Å². The summed E-state index contributed by atoms with van der Waals surface area (Å²) in [5.41, 5.74) is 0.822. The molecule has 0 aliphatic rings. The maximum absolute atomic E-state index is 12.8. The van der Waals surface area contributed by atoms with Gasteiger partial charge in [-0.15, -0.1) is 0 Å². The van der Waals surface area contributed by atoms with E-state index in [-0.39, 0.29) is 17.1 Å². The molecule has 0 fully saturated rings. The number of nitriles is 1. The van der Waals surface area contributed by atoms with Crippen LogP contribution < -0.4 is 5.32 Å². The molecule has 1 N–H and O–H groups in total. The first-order chi connectivity index (χ1) is 10.1. The number of anilines is 1. The van der Waals surface area contributed by atoms with Gasteiger partial charge in [-0.05, 0) is 24.1 Å². The van der Waals surface area contributed by atoms with Gasteiger partial charge in [0, 0.05) is 12.6 Å². The number of hydrogen-bond acceptors (Lipinski definition) is 5. The molecule has 0 aliphatic carbocycles. The summed E-state index contributed by atoms with van der Waals surface area (Å²) in [5, 5.41) is 22.5. The average molecular weight is 286 g/mol. The number of nitrogens with zero attached hydrogens (tertiary/aromatic N) is 3. The van der Waals surface area contributed by atoms with Crippen LogP contribution in [0.2, 0.25) is 0 Å². The fraction of sp³-hybridized carbons (Fsp3) is 0.143. The summed E-state index contributed by atoms with van der Waals surface area (Å²) >= 11 is 0. The van der Waals surface area contributed by atoms with E-state index in [2.05, 4.69) is 10.3 Å². The van der Waals surface area contributed by atoms with Crippen molar-refractivity contribution in [3.05, 3.63) is 63.6 Å². The van der Waals surface area contributed by atoms with Crippen molar-refractivity contribution in [2.45, 2.75) is 6.42 Å². The lowest BCUT2D eigenvalue weighted by molar-refractivity contribution is -0.385. The molecule has 0 spiro atoms. The maximum atomic E-state index is 12.8. The molecular weight excluding hydrogens is 275 g/mol. The number of benzene rings is 1. The highest BCUT2D eigenvalue weighted by Crippen LogP contribution is 2.18. The first-order valence-electron chi connectivity index (χ1n) is 6.13. The molecule has 1 heterocycles. The predicted octanol–water partition coefficient (Wildman–Crippen LogP) is 2.66. The van der Waals surface area contributed by atoms with E-state index in [1.165, 1.54) is 18.2 Å². The molecule has 2 aromatic rings. The fourth-order valence-corrected chi connectivity index (χ4v) is 1.76. The maximum Gasteiger partial charge on any atom is 0.289 e. The zero-order chi connectivity index (χ0) is 15.2. The molecule has 0 bridgehead atoms. The molecule has 106 valence electrons. The second-order valence-corrected chi connectivity index (χ2v) is 4.26. The minimum Gasteiger partial charge on any atom is -0.369 e. The van der Waals surface area contributed by atoms with E-state index in [1.54, 1.807) is 12.1 Å². The normalized spacial score (nSPS) is 9.90. The van der Waals surface area contributed by atoms with Gasteiger partial charge in [-0.25, -0.2) is 9.37 Å². The summed E-state index contributed by atoms with van der Waals surface area (Å²) < 4.78 is 12.8. The molecule has 1 aromatic heterocycles. The monoisotopic (exact) mass is 286 g/mol. The molecule has 0 saturated carbocycles. The molecule has 1 aromatic carbocycles. The Hall–Kier alpha value is -3.01. The molecule has 2 rings (SSSR count). The first kappa shape index (κ1) is 14.4. The Kier molecular flexibility index (Phi) is 4.41. The molecule has 0 aliphatic heterocycles. The Labute approximate surface area is 120 Å². The number of rotatable bonds is 5. The smallest absolute Gasteiger partial charge is 0.289 e. The number of halogens is 1. The van der Waals surface area contributed by atoms with Gasteiger partial charge in [-0.2, -0.15) is 5.26 Å². The van der Waals surface area contributed by atoms with E-state index in [9.17, 15) is 14.5 Å². The summed E-state index contributed by atoms with van der Waals surface area (Å²) in [6.45, 7) is 0.477. The highest BCUT2D eigenvalue weighted by Gasteiger charge is 2.11. The third-order valence-electron chi connectivity index (χ3n) is 2.82. The van der Waals surface area contributed by atoms with Crippen LogP contribution in [0.3, 0.4) is 0 Å². The first-order valence-corrected chi connectivity index (χ1v) is 6.13. The van der Waals surface area contributed by atoms with Gasteiger partial charge in [0.25, 0.3) is 5.69 Å². The number of pyridine rings is 1. The molecule has 0 atom stereocenters. The molecule has 0 unspecified atom stereocenters. The Morgan fingerprint density at radius 3 is 2.71 bits per heavy atom. The Bertz CT molecular complexity index is 695. The van der Waals surface area contributed by atoms with E-state index in [4.69, 9.17) is 5.26 Å². The minimum atomic E-state index is -0.601. The molecule has 0 amide bonds. The van der Waals surface area contributed by atoms with Gasteiger partial charge in [-0.1, -0.05) is 12.1 Å². The van der Waals surface area contributed by atoms with Crippen molar-refractivity contribution in [3.63, 3.8) is 0 Å². The minimum absolute atomic E-state index is 0.114. The van der Waals surface area contributed by atoms with Gasteiger partial charge in [0.05, 0.1) is 4.92 Å². The van der Waals surface area contributed by atoms with Crippen LogP contribution in [0.4, 0.5) is 15.9 Å². The second-order valence-electron chi connectivity index (χ2n) is 4.26. The van der Waals surface area contributed by atoms with Gasteiger partial charge in [0.1, 0.15) is 29.5 Å². The Morgan fingerprint density at radius 2 is 2.10 bits per heavy atom. The second kappa shape index (κ2) is 6.43. The zero-order valence-electron chi connectivity index (χ0n) is 10.9. The number of aromatic nitrogens is 1. The summed E-state index contributed by atoms with van der Waals surface area (Å²) in [5.74, 6) is 0.000670. The van der Waals surface area contributed by atoms with E-state index >= 15 is 0 Å². The molecule has 6 nitrogen and oxygen atoms in total. The van der Waals surface area contributed by atoms with Crippen LogP contribution in [0.15, 0.2) is 36.5 Å². The van der Waals surface area contributed by atoms with Crippen LogP contribution in [0.1, 0.15) is 11.1 Å². The van der Waals surface area contributed by atoms with E-state index in [0.717, 1.165) is 11.8 Å². The van der Waals surface area contributed by atoms with Crippen LogP contribution in [0.25, 0.3) is 0 Å². The number of hydrogen-bond donors (Lipinski definition) is 1. The van der Waals surface area contributed by atoms with Crippen molar-refractivity contribution in [3.8, 4) is 6.07 Å². The summed E-state index contributed by atoms with van der Waals surface area (Å²) in [6.07, 6.45) is 1.71. The fourth-order valence-electron chi connectivity index (χ4n) is 1.76. The third-order valence-corrected chi connectivity index (χ3v) is 2.82. The van der Waals surface area contributed by atoms with Gasteiger partial charge >= 0.3 is 0 Å². The van der Waals surface area contributed by atoms with Crippen molar-refractivity contribution in [1.82, 2.24) is 4.98 Å². The van der Waals surface area contributed by atoms with Crippen LogP contribution in [-0.2, 0) is 6.42 Å². The average Bonchev–Trinajstić information content (AvgIpc) is 2.49. The highest BCUT2D eigenvalue weighted by atomic mass is 19.1. The van der Waals surface area contributed by atoms with Crippen molar-refractivity contribution in [2.24, 2.45) is 0 Å².